The highest BCUT2D eigenvalue weighted by Gasteiger charge is 2.05. The van der Waals surface area contributed by atoms with Crippen LogP contribution >= 0.6 is 0 Å². The fraction of sp³-hybridized carbons (Fsp3) is 0.333. The van der Waals surface area contributed by atoms with Crippen molar-refractivity contribution in [3.63, 3.8) is 0 Å². The lowest BCUT2D eigenvalue weighted by Gasteiger charge is -2.13. The molecule has 0 bridgehead atoms. The third kappa shape index (κ3) is 4.77. The predicted octanol–water partition coefficient (Wildman–Crippen LogP) is 2.12. The Balaban J connectivity index is 1.65. The van der Waals surface area contributed by atoms with Crippen LogP contribution < -0.4 is 10.1 Å². The molecule has 1 unspecified atom stereocenters. The van der Waals surface area contributed by atoms with Crippen molar-refractivity contribution < 1.29 is 14.3 Å². The number of aryl methyl sites for hydroxylation is 1. The number of hydrogen-bond donors (Lipinski definition) is 2. The lowest BCUT2D eigenvalue weighted by atomic mass is 10.2. The van der Waals surface area contributed by atoms with E-state index in [1.165, 1.54) is 0 Å². The molecule has 0 amide bonds. The highest BCUT2D eigenvalue weighted by atomic mass is 16.5. The summed E-state index contributed by atoms with van der Waals surface area (Å²) in [5.41, 5.74) is 2.21. The molecule has 0 fully saturated rings. The summed E-state index contributed by atoms with van der Waals surface area (Å²) >= 11 is 0. The first-order valence-corrected chi connectivity index (χ1v) is 6.33. The Bertz CT molecular complexity index is 482. The first-order valence-electron chi connectivity index (χ1n) is 6.33. The summed E-state index contributed by atoms with van der Waals surface area (Å²) in [7, 11) is 0. The lowest BCUT2D eigenvalue weighted by Crippen LogP contribution is -2.31. The van der Waals surface area contributed by atoms with Gasteiger partial charge in [0.1, 0.15) is 18.5 Å². The van der Waals surface area contributed by atoms with Crippen LogP contribution in [0.4, 0.5) is 0 Å². The number of aliphatic hydroxyl groups is 1. The second kappa shape index (κ2) is 6.97. The van der Waals surface area contributed by atoms with Crippen LogP contribution in [0.25, 0.3) is 0 Å². The smallest absolute Gasteiger partial charge is 0.119 e. The van der Waals surface area contributed by atoms with Crippen LogP contribution in [0.1, 0.15) is 11.1 Å². The standard InChI is InChI=1S/C15H19NO3/c1-12-3-2-4-15(7-12)19-11-14(17)9-16-8-13-5-6-18-10-13/h2-7,10,14,16-17H,8-9,11H2,1H3. The van der Waals surface area contributed by atoms with Gasteiger partial charge in [-0.2, -0.15) is 0 Å². The third-order valence-electron chi connectivity index (χ3n) is 2.72. The van der Waals surface area contributed by atoms with Crippen molar-refractivity contribution in [3.05, 3.63) is 54.0 Å². The fourth-order valence-corrected chi connectivity index (χ4v) is 1.73. The van der Waals surface area contributed by atoms with Gasteiger partial charge in [-0.15, -0.1) is 0 Å². The van der Waals surface area contributed by atoms with E-state index in [2.05, 4.69) is 5.32 Å². The van der Waals surface area contributed by atoms with Crippen LogP contribution in [0.3, 0.4) is 0 Å². The van der Waals surface area contributed by atoms with E-state index in [0.717, 1.165) is 16.9 Å². The van der Waals surface area contributed by atoms with Crippen LogP contribution in [0.15, 0.2) is 47.3 Å². The molecule has 4 heteroatoms. The molecule has 0 saturated heterocycles. The maximum atomic E-state index is 9.80. The fourth-order valence-electron chi connectivity index (χ4n) is 1.73. The normalized spacial score (nSPS) is 12.3. The SMILES string of the molecule is Cc1cccc(OCC(O)CNCc2ccoc2)c1. The zero-order valence-electron chi connectivity index (χ0n) is 11.0. The Morgan fingerprint density at radius 2 is 2.26 bits per heavy atom. The molecular weight excluding hydrogens is 242 g/mol. The van der Waals surface area contributed by atoms with Gasteiger partial charge in [0.15, 0.2) is 0 Å². The molecule has 1 aromatic carbocycles. The molecule has 1 heterocycles. The third-order valence-corrected chi connectivity index (χ3v) is 2.72. The number of aliphatic hydroxyl groups excluding tert-OH is 1. The first-order chi connectivity index (χ1) is 9.24. The Morgan fingerprint density at radius 3 is 3.00 bits per heavy atom. The van der Waals surface area contributed by atoms with Crippen molar-refractivity contribution >= 4 is 0 Å². The zero-order valence-corrected chi connectivity index (χ0v) is 11.0. The molecule has 0 aliphatic heterocycles. The maximum absolute atomic E-state index is 9.80. The summed E-state index contributed by atoms with van der Waals surface area (Å²) in [6, 6.07) is 9.68. The highest BCUT2D eigenvalue weighted by molar-refractivity contribution is 5.27. The Kier molecular flexibility index (Phi) is 5.01. The van der Waals surface area contributed by atoms with E-state index < -0.39 is 6.10 Å². The lowest BCUT2D eigenvalue weighted by molar-refractivity contribution is 0.106. The van der Waals surface area contributed by atoms with E-state index in [-0.39, 0.29) is 6.61 Å². The summed E-state index contributed by atoms with van der Waals surface area (Å²) < 4.78 is 10.5. The predicted molar refractivity (Wildman–Crippen MR) is 73.1 cm³/mol. The van der Waals surface area contributed by atoms with Gasteiger partial charge in [-0.05, 0) is 30.7 Å². The Labute approximate surface area is 113 Å². The average molecular weight is 261 g/mol. The van der Waals surface area contributed by atoms with Gasteiger partial charge in [0.2, 0.25) is 0 Å². The summed E-state index contributed by atoms with van der Waals surface area (Å²) in [4.78, 5) is 0. The van der Waals surface area contributed by atoms with Crippen LogP contribution in [0, 0.1) is 6.92 Å². The molecule has 0 saturated carbocycles. The van der Waals surface area contributed by atoms with E-state index in [9.17, 15) is 5.11 Å². The van der Waals surface area contributed by atoms with Crippen LogP contribution in [-0.4, -0.2) is 24.4 Å². The molecular formula is C15H19NO3. The van der Waals surface area contributed by atoms with Gasteiger partial charge in [-0.1, -0.05) is 12.1 Å². The van der Waals surface area contributed by atoms with E-state index >= 15 is 0 Å². The average Bonchev–Trinajstić information content (AvgIpc) is 2.90. The first kappa shape index (κ1) is 13.6. The minimum absolute atomic E-state index is 0.280. The number of nitrogens with one attached hydrogen (secondary N) is 1. The van der Waals surface area contributed by atoms with Gasteiger partial charge in [-0.25, -0.2) is 0 Å². The van der Waals surface area contributed by atoms with Gasteiger partial charge < -0.3 is 19.6 Å². The molecule has 0 radical (unpaired) electrons. The summed E-state index contributed by atoms with van der Waals surface area (Å²) in [6.45, 7) is 3.45. The van der Waals surface area contributed by atoms with Gasteiger partial charge in [0, 0.05) is 18.7 Å². The number of benzene rings is 1. The second-order valence-corrected chi connectivity index (χ2v) is 4.54. The summed E-state index contributed by atoms with van der Waals surface area (Å²) in [5, 5.41) is 12.9. The Morgan fingerprint density at radius 1 is 1.37 bits per heavy atom. The van der Waals surface area contributed by atoms with Gasteiger partial charge in [0.05, 0.1) is 12.5 Å². The van der Waals surface area contributed by atoms with Crippen molar-refractivity contribution in [3.8, 4) is 5.75 Å². The highest BCUT2D eigenvalue weighted by Crippen LogP contribution is 2.12. The molecule has 2 N–H and O–H groups in total. The number of hydrogen-bond acceptors (Lipinski definition) is 4. The van der Waals surface area contributed by atoms with Crippen molar-refractivity contribution in [2.75, 3.05) is 13.2 Å². The largest absolute Gasteiger partial charge is 0.491 e. The summed E-state index contributed by atoms with van der Waals surface area (Å²) in [5.74, 6) is 0.786. The van der Waals surface area contributed by atoms with Crippen molar-refractivity contribution in [1.29, 1.82) is 0 Å². The van der Waals surface area contributed by atoms with E-state index in [0.29, 0.717) is 13.1 Å². The van der Waals surface area contributed by atoms with Gasteiger partial charge in [0.25, 0.3) is 0 Å². The van der Waals surface area contributed by atoms with E-state index in [1.807, 2.05) is 37.3 Å². The molecule has 2 aromatic rings. The maximum Gasteiger partial charge on any atom is 0.119 e. The minimum Gasteiger partial charge on any atom is -0.491 e. The molecule has 1 aromatic heterocycles. The Hall–Kier alpha value is -1.78. The number of ether oxygens (including phenoxy) is 1. The zero-order chi connectivity index (χ0) is 13.5. The minimum atomic E-state index is -0.535. The van der Waals surface area contributed by atoms with Gasteiger partial charge in [-0.3, -0.25) is 0 Å². The molecule has 0 spiro atoms. The number of rotatable bonds is 7. The quantitative estimate of drug-likeness (QED) is 0.801. The molecule has 2 rings (SSSR count). The van der Waals surface area contributed by atoms with E-state index in [1.54, 1.807) is 12.5 Å². The summed E-state index contributed by atoms with van der Waals surface area (Å²) in [6.07, 6.45) is 2.78. The monoisotopic (exact) mass is 261 g/mol. The van der Waals surface area contributed by atoms with Crippen LogP contribution in [-0.2, 0) is 6.54 Å². The number of furan rings is 1. The van der Waals surface area contributed by atoms with Crippen molar-refractivity contribution in [1.82, 2.24) is 5.32 Å². The molecule has 0 aliphatic rings. The van der Waals surface area contributed by atoms with Crippen molar-refractivity contribution in [2.45, 2.75) is 19.6 Å². The van der Waals surface area contributed by atoms with Crippen LogP contribution in [0.2, 0.25) is 0 Å². The topological polar surface area (TPSA) is 54.6 Å². The molecule has 0 aliphatic carbocycles. The molecule has 19 heavy (non-hydrogen) atoms. The van der Waals surface area contributed by atoms with E-state index in [4.69, 9.17) is 9.15 Å². The van der Waals surface area contributed by atoms with Gasteiger partial charge >= 0.3 is 0 Å². The molecule has 4 nitrogen and oxygen atoms in total. The molecule has 102 valence electrons. The van der Waals surface area contributed by atoms with Crippen LogP contribution in [0.5, 0.6) is 5.75 Å². The van der Waals surface area contributed by atoms with Crippen molar-refractivity contribution in [2.24, 2.45) is 0 Å². The molecule has 1 atom stereocenters. The second-order valence-electron chi connectivity index (χ2n) is 4.54.